The summed E-state index contributed by atoms with van der Waals surface area (Å²) in [6.07, 6.45) is 1.71. The van der Waals surface area contributed by atoms with Gasteiger partial charge in [-0.1, -0.05) is 29.8 Å². The molecule has 0 fully saturated rings. The number of ketones is 1. The monoisotopic (exact) mass is 297 g/mol. The summed E-state index contributed by atoms with van der Waals surface area (Å²) in [5.74, 6) is 0.352. The standard InChI is InChI=1S/C17H12ClNO2/c1-21-16-10-13(18)6-7-14(16)17(20)12-5-4-11-3-2-8-19-15(11)9-12/h2-10H,1H3. The van der Waals surface area contributed by atoms with E-state index in [4.69, 9.17) is 16.3 Å². The Labute approximate surface area is 127 Å². The minimum Gasteiger partial charge on any atom is -0.496 e. The Balaban J connectivity index is 2.08. The highest BCUT2D eigenvalue weighted by molar-refractivity contribution is 6.31. The number of pyridine rings is 1. The van der Waals surface area contributed by atoms with Gasteiger partial charge in [-0.05, 0) is 30.3 Å². The van der Waals surface area contributed by atoms with Gasteiger partial charge < -0.3 is 4.74 Å². The molecule has 1 heterocycles. The van der Waals surface area contributed by atoms with Crippen LogP contribution in [0, 0.1) is 0 Å². The number of fused-ring (bicyclic) bond motifs is 1. The Hall–Kier alpha value is -2.39. The van der Waals surface area contributed by atoms with Crippen LogP contribution in [0.2, 0.25) is 5.02 Å². The molecule has 0 radical (unpaired) electrons. The first-order valence-electron chi connectivity index (χ1n) is 6.42. The molecule has 0 aliphatic heterocycles. The number of nitrogens with zero attached hydrogens (tertiary/aromatic N) is 1. The average molecular weight is 298 g/mol. The molecule has 0 unspecified atom stereocenters. The zero-order valence-electron chi connectivity index (χ0n) is 11.3. The summed E-state index contributed by atoms with van der Waals surface area (Å²) < 4.78 is 5.24. The van der Waals surface area contributed by atoms with Crippen LogP contribution in [0.25, 0.3) is 10.9 Å². The van der Waals surface area contributed by atoms with Crippen LogP contribution in [0.3, 0.4) is 0 Å². The van der Waals surface area contributed by atoms with Crippen LogP contribution in [-0.4, -0.2) is 17.9 Å². The quantitative estimate of drug-likeness (QED) is 0.682. The Morgan fingerprint density at radius 2 is 2.00 bits per heavy atom. The summed E-state index contributed by atoms with van der Waals surface area (Å²) in [6, 6.07) is 14.3. The van der Waals surface area contributed by atoms with E-state index in [1.807, 2.05) is 18.2 Å². The fourth-order valence-corrected chi connectivity index (χ4v) is 2.38. The summed E-state index contributed by atoms with van der Waals surface area (Å²) in [4.78, 5) is 16.9. The van der Waals surface area contributed by atoms with Crippen LogP contribution in [0.1, 0.15) is 15.9 Å². The normalized spacial score (nSPS) is 10.6. The largest absolute Gasteiger partial charge is 0.496 e. The van der Waals surface area contributed by atoms with Crippen molar-refractivity contribution >= 4 is 28.3 Å². The Morgan fingerprint density at radius 1 is 1.14 bits per heavy atom. The second kappa shape index (κ2) is 5.54. The van der Waals surface area contributed by atoms with Crippen molar-refractivity contribution in [3.63, 3.8) is 0 Å². The molecule has 3 nitrogen and oxygen atoms in total. The van der Waals surface area contributed by atoms with E-state index in [1.54, 1.807) is 36.5 Å². The second-order valence-corrected chi connectivity index (χ2v) is 5.02. The minimum absolute atomic E-state index is 0.115. The third kappa shape index (κ3) is 2.60. The fraction of sp³-hybridized carbons (Fsp3) is 0.0588. The molecule has 0 aliphatic carbocycles. The smallest absolute Gasteiger partial charge is 0.196 e. The highest BCUT2D eigenvalue weighted by Crippen LogP contribution is 2.26. The molecule has 1 aromatic heterocycles. The minimum atomic E-state index is -0.115. The molecule has 0 bridgehead atoms. The number of hydrogen-bond donors (Lipinski definition) is 0. The van der Waals surface area contributed by atoms with Crippen molar-refractivity contribution in [2.75, 3.05) is 7.11 Å². The van der Waals surface area contributed by atoms with Gasteiger partial charge in [-0.15, -0.1) is 0 Å². The number of hydrogen-bond acceptors (Lipinski definition) is 3. The highest BCUT2D eigenvalue weighted by atomic mass is 35.5. The first-order chi connectivity index (χ1) is 10.2. The maximum absolute atomic E-state index is 12.6. The van der Waals surface area contributed by atoms with E-state index >= 15 is 0 Å². The molecule has 3 rings (SSSR count). The number of halogens is 1. The molecular formula is C17H12ClNO2. The topological polar surface area (TPSA) is 39.2 Å². The maximum Gasteiger partial charge on any atom is 0.196 e. The van der Waals surface area contributed by atoms with Gasteiger partial charge in [-0.3, -0.25) is 9.78 Å². The van der Waals surface area contributed by atoms with Crippen molar-refractivity contribution in [1.82, 2.24) is 4.98 Å². The van der Waals surface area contributed by atoms with Crippen LogP contribution in [0.15, 0.2) is 54.7 Å². The summed E-state index contributed by atoms with van der Waals surface area (Å²) >= 11 is 5.92. The van der Waals surface area contributed by atoms with Crippen molar-refractivity contribution in [2.24, 2.45) is 0 Å². The van der Waals surface area contributed by atoms with Crippen molar-refractivity contribution in [2.45, 2.75) is 0 Å². The number of rotatable bonds is 3. The van der Waals surface area contributed by atoms with Crippen LogP contribution in [0.5, 0.6) is 5.75 Å². The third-order valence-corrected chi connectivity index (χ3v) is 3.51. The molecular weight excluding hydrogens is 286 g/mol. The lowest BCUT2D eigenvalue weighted by Gasteiger charge is -2.08. The lowest BCUT2D eigenvalue weighted by molar-refractivity contribution is 0.103. The molecule has 0 atom stereocenters. The summed E-state index contributed by atoms with van der Waals surface area (Å²) in [5, 5.41) is 1.53. The van der Waals surface area contributed by atoms with Crippen molar-refractivity contribution in [1.29, 1.82) is 0 Å². The number of carbonyl (C=O) groups is 1. The van der Waals surface area contributed by atoms with E-state index < -0.39 is 0 Å². The van der Waals surface area contributed by atoms with E-state index in [1.165, 1.54) is 7.11 Å². The fourth-order valence-electron chi connectivity index (χ4n) is 2.22. The molecule has 0 N–H and O–H groups in total. The van der Waals surface area contributed by atoms with Gasteiger partial charge in [0.15, 0.2) is 5.78 Å². The molecule has 3 aromatic rings. The van der Waals surface area contributed by atoms with Crippen molar-refractivity contribution < 1.29 is 9.53 Å². The third-order valence-electron chi connectivity index (χ3n) is 3.28. The summed E-state index contributed by atoms with van der Waals surface area (Å²) in [7, 11) is 1.52. The maximum atomic E-state index is 12.6. The lowest BCUT2D eigenvalue weighted by Crippen LogP contribution is -2.04. The number of aromatic nitrogens is 1. The number of ether oxygens (including phenoxy) is 1. The predicted molar refractivity (Wildman–Crippen MR) is 83.2 cm³/mol. The van der Waals surface area contributed by atoms with Gasteiger partial charge in [0, 0.05) is 22.2 Å². The van der Waals surface area contributed by atoms with Crippen LogP contribution >= 0.6 is 11.6 Å². The summed E-state index contributed by atoms with van der Waals surface area (Å²) in [6.45, 7) is 0. The van der Waals surface area contributed by atoms with E-state index in [2.05, 4.69) is 4.98 Å². The molecule has 0 aliphatic rings. The van der Waals surface area contributed by atoms with Gasteiger partial charge in [0.05, 0.1) is 18.2 Å². The first kappa shape index (κ1) is 13.6. The van der Waals surface area contributed by atoms with Gasteiger partial charge in [-0.2, -0.15) is 0 Å². The zero-order valence-corrected chi connectivity index (χ0v) is 12.1. The Bertz CT molecular complexity index is 830. The van der Waals surface area contributed by atoms with Crippen molar-refractivity contribution in [3.05, 3.63) is 70.9 Å². The first-order valence-corrected chi connectivity index (χ1v) is 6.80. The Kier molecular flexibility index (Phi) is 3.59. The van der Waals surface area contributed by atoms with E-state index in [0.29, 0.717) is 21.9 Å². The Morgan fingerprint density at radius 3 is 2.81 bits per heavy atom. The van der Waals surface area contributed by atoms with Gasteiger partial charge in [0.1, 0.15) is 5.75 Å². The number of methoxy groups -OCH3 is 1. The van der Waals surface area contributed by atoms with Crippen LogP contribution < -0.4 is 4.74 Å². The molecule has 104 valence electrons. The van der Waals surface area contributed by atoms with E-state index in [-0.39, 0.29) is 5.78 Å². The van der Waals surface area contributed by atoms with Gasteiger partial charge in [0.2, 0.25) is 0 Å². The predicted octanol–water partition coefficient (Wildman–Crippen LogP) is 4.13. The van der Waals surface area contributed by atoms with Crippen molar-refractivity contribution in [3.8, 4) is 5.75 Å². The highest BCUT2D eigenvalue weighted by Gasteiger charge is 2.15. The number of carbonyl (C=O) groups excluding carboxylic acids is 1. The van der Waals surface area contributed by atoms with Crippen LogP contribution in [-0.2, 0) is 0 Å². The SMILES string of the molecule is COc1cc(Cl)ccc1C(=O)c1ccc2cccnc2c1. The second-order valence-electron chi connectivity index (χ2n) is 4.58. The molecule has 0 spiro atoms. The summed E-state index contributed by atoms with van der Waals surface area (Å²) in [5.41, 5.74) is 1.84. The molecule has 2 aromatic carbocycles. The molecule has 21 heavy (non-hydrogen) atoms. The van der Waals surface area contributed by atoms with Gasteiger partial charge >= 0.3 is 0 Å². The average Bonchev–Trinajstić information content (AvgIpc) is 2.53. The number of benzene rings is 2. The lowest BCUT2D eigenvalue weighted by atomic mass is 10.0. The van der Waals surface area contributed by atoms with E-state index in [9.17, 15) is 4.79 Å². The van der Waals surface area contributed by atoms with Crippen LogP contribution in [0.4, 0.5) is 0 Å². The molecule has 0 saturated heterocycles. The zero-order chi connectivity index (χ0) is 14.8. The molecule has 0 saturated carbocycles. The van der Waals surface area contributed by atoms with Gasteiger partial charge in [-0.25, -0.2) is 0 Å². The van der Waals surface area contributed by atoms with Gasteiger partial charge in [0.25, 0.3) is 0 Å². The molecule has 4 heteroatoms. The van der Waals surface area contributed by atoms with E-state index in [0.717, 1.165) is 10.9 Å². The molecule has 0 amide bonds.